The molecule has 0 saturated carbocycles. The number of hydrogen-bond acceptors (Lipinski definition) is 8. The molecule has 1 aromatic heterocycles. The second-order valence-electron chi connectivity index (χ2n) is 9.54. The molecule has 0 atom stereocenters. The fraction of sp³-hybridized carbons (Fsp3) is 0.407. The van der Waals surface area contributed by atoms with Crippen LogP contribution in [0.5, 0.6) is 11.5 Å². The monoisotopic (exact) mass is 508 g/mol. The van der Waals surface area contributed by atoms with Gasteiger partial charge < -0.3 is 20.1 Å². The number of aliphatic carboxylic acids is 1. The third-order valence-electron chi connectivity index (χ3n) is 6.67. The maximum atomic E-state index is 12.7. The lowest BCUT2D eigenvalue weighted by molar-refractivity contribution is -0.143. The van der Waals surface area contributed by atoms with E-state index in [1.807, 2.05) is 38.1 Å². The number of aromatic hydroxyl groups is 2. The zero-order valence-electron chi connectivity index (χ0n) is 21.2. The summed E-state index contributed by atoms with van der Waals surface area (Å²) in [6, 6.07) is 10.5. The van der Waals surface area contributed by atoms with Crippen LogP contribution in [0.4, 0.5) is 0 Å². The summed E-state index contributed by atoms with van der Waals surface area (Å²) in [6.07, 6.45) is 1.27. The molecule has 37 heavy (non-hydrogen) atoms. The fourth-order valence-electron chi connectivity index (χ4n) is 4.61. The summed E-state index contributed by atoms with van der Waals surface area (Å²) < 4.78 is 6.73. The highest BCUT2D eigenvalue weighted by molar-refractivity contribution is 5.87. The van der Waals surface area contributed by atoms with Crippen LogP contribution in [0.1, 0.15) is 61.3 Å². The van der Waals surface area contributed by atoms with Crippen LogP contribution in [-0.4, -0.2) is 66.6 Å². The van der Waals surface area contributed by atoms with Gasteiger partial charge >= 0.3 is 11.9 Å². The number of esters is 1. The number of carboxylic acid groups (broad SMARTS) is 1. The molecular weight excluding hydrogens is 476 g/mol. The largest absolute Gasteiger partial charge is 0.508 e. The minimum Gasteiger partial charge on any atom is -0.508 e. The molecule has 3 aromatic rings. The molecule has 1 saturated heterocycles. The Kier molecular flexibility index (Phi) is 7.77. The summed E-state index contributed by atoms with van der Waals surface area (Å²) in [5.41, 5.74) is 2.60. The molecule has 0 bridgehead atoms. The lowest BCUT2D eigenvalue weighted by Crippen LogP contribution is -2.35. The average Bonchev–Trinajstić information content (AvgIpc) is 3.30. The summed E-state index contributed by atoms with van der Waals surface area (Å²) in [7, 11) is 0. The van der Waals surface area contributed by atoms with Crippen molar-refractivity contribution in [2.24, 2.45) is 5.92 Å². The van der Waals surface area contributed by atoms with E-state index in [1.54, 1.807) is 13.0 Å². The van der Waals surface area contributed by atoms with Crippen molar-refractivity contribution in [2.45, 2.75) is 46.1 Å². The smallest absolute Gasteiger partial charge is 0.376 e. The predicted molar refractivity (Wildman–Crippen MR) is 136 cm³/mol. The van der Waals surface area contributed by atoms with E-state index in [-0.39, 0.29) is 41.6 Å². The van der Waals surface area contributed by atoms with Crippen LogP contribution in [0.25, 0.3) is 17.1 Å². The van der Waals surface area contributed by atoms with Crippen molar-refractivity contribution < 1.29 is 29.6 Å². The van der Waals surface area contributed by atoms with Crippen LogP contribution in [0.3, 0.4) is 0 Å². The minimum absolute atomic E-state index is 0.0138. The van der Waals surface area contributed by atoms with Gasteiger partial charge in [0.2, 0.25) is 5.82 Å². The molecule has 0 amide bonds. The Hall–Kier alpha value is -3.92. The molecule has 1 aliphatic rings. The van der Waals surface area contributed by atoms with Gasteiger partial charge in [0.05, 0.1) is 18.1 Å². The highest BCUT2D eigenvalue weighted by atomic mass is 16.5. The molecule has 1 fully saturated rings. The van der Waals surface area contributed by atoms with E-state index >= 15 is 0 Å². The predicted octanol–water partition coefficient (Wildman–Crippen LogP) is 3.94. The zero-order valence-corrected chi connectivity index (χ0v) is 21.2. The zero-order chi connectivity index (χ0) is 26.7. The van der Waals surface area contributed by atoms with Crippen LogP contribution in [0.15, 0.2) is 36.4 Å². The van der Waals surface area contributed by atoms with E-state index in [9.17, 15) is 24.9 Å². The van der Waals surface area contributed by atoms with Crippen molar-refractivity contribution in [3.8, 4) is 28.6 Å². The van der Waals surface area contributed by atoms with E-state index < -0.39 is 11.9 Å². The quantitative estimate of drug-likeness (QED) is 0.386. The summed E-state index contributed by atoms with van der Waals surface area (Å²) in [5.74, 6) is -1.66. The number of likely N-dealkylation sites (tertiary alicyclic amines) is 1. The van der Waals surface area contributed by atoms with E-state index in [1.165, 1.54) is 10.6 Å². The highest BCUT2D eigenvalue weighted by Crippen LogP contribution is 2.38. The van der Waals surface area contributed by atoms with Gasteiger partial charge in [0.1, 0.15) is 11.5 Å². The Morgan fingerprint density at radius 1 is 1.05 bits per heavy atom. The molecule has 3 N–H and O–H groups in total. The third kappa shape index (κ3) is 5.59. The molecule has 4 rings (SSSR count). The number of benzene rings is 2. The first-order valence-corrected chi connectivity index (χ1v) is 12.4. The number of rotatable bonds is 8. The van der Waals surface area contributed by atoms with Gasteiger partial charge in [-0.15, -0.1) is 10.2 Å². The second-order valence-corrected chi connectivity index (χ2v) is 9.54. The SMILES string of the molecule is CCOC(=O)c1nnc(-c2cc(C(C)C)c(O)cc2O)n1-c1ccc(CN2CCC(C(=O)O)CC2)cc1. The number of aromatic nitrogens is 3. The van der Waals surface area contributed by atoms with Crippen LogP contribution >= 0.6 is 0 Å². The maximum Gasteiger partial charge on any atom is 0.376 e. The molecule has 2 heterocycles. The number of phenolic OH excluding ortho intramolecular Hbond substituents is 2. The van der Waals surface area contributed by atoms with Gasteiger partial charge in [-0.1, -0.05) is 26.0 Å². The number of ether oxygens (including phenoxy) is 1. The van der Waals surface area contributed by atoms with E-state index in [0.717, 1.165) is 18.7 Å². The maximum absolute atomic E-state index is 12.7. The van der Waals surface area contributed by atoms with Gasteiger partial charge in [-0.3, -0.25) is 14.3 Å². The lowest BCUT2D eigenvalue weighted by atomic mass is 9.97. The van der Waals surface area contributed by atoms with Crippen molar-refractivity contribution in [1.82, 2.24) is 19.7 Å². The summed E-state index contributed by atoms with van der Waals surface area (Å²) >= 11 is 0. The van der Waals surface area contributed by atoms with Crippen LogP contribution in [0, 0.1) is 5.92 Å². The Balaban J connectivity index is 1.67. The fourth-order valence-corrected chi connectivity index (χ4v) is 4.61. The first-order valence-electron chi connectivity index (χ1n) is 12.4. The normalized spacial score (nSPS) is 14.7. The number of carboxylic acids is 1. The lowest BCUT2D eigenvalue weighted by Gasteiger charge is -2.30. The molecule has 0 spiro atoms. The topological polar surface area (TPSA) is 138 Å². The standard InChI is InChI=1S/C27H32N4O6/c1-4-37-27(36)25-29-28-24(21-13-20(16(2)3)22(32)14-23(21)33)31(25)19-7-5-17(6-8-19)15-30-11-9-18(10-12-30)26(34)35/h5-8,13-14,16,18,32-33H,4,9-12,15H2,1-3H3,(H,34,35). The van der Waals surface area contributed by atoms with Gasteiger partial charge in [-0.2, -0.15) is 0 Å². The Morgan fingerprint density at radius 3 is 2.32 bits per heavy atom. The van der Waals surface area contributed by atoms with E-state index in [0.29, 0.717) is 36.2 Å². The molecule has 196 valence electrons. The molecule has 1 aliphatic heterocycles. The van der Waals surface area contributed by atoms with Crippen LogP contribution in [-0.2, 0) is 16.1 Å². The molecule has 10 heteroatoms. The van der Waals surface area contributed by atoms with Crippen LogP contribution < -0.4 is 0 Å². The number of carbonyl (C=O) groups is 2. The van der Waals surface area contributed by atoms with E-state index in [2.05, 4.69) is 15.1 Å². The van der Waals surface area contributed by atoms with Crippen molar-refractivity contribution in [1.29, 1.82) is 0 Å². The van der Waals surface area contributed by atoms with Gasteiger partial charge in [-0.25, -0.2) is 4.79 Å². The molecule has 0 radical (unpaired) electrons. The molecule has 0 aliphatic carbocycles. The van der Waals surface area contributed by atoms with Crippen molar-refractivity contribution >= 4 is 11.9 Å². The first-order chi connectivity index (χ1) is 17.7. The van der Waals surface area contributed by atoms with Crippen molar-refractivity contribution in [2.75, 3.05) is 19.7 Å². The van der Waals surface area contributed by atoms with E-state index in [4.69, 9.17) is 4.74 Å². The number of carbonyl (C=O) groups excluding carboxylic acids is 1. The number of nitrogens with zero attached hydrogens (tertiary/aromatic N) is 4. The minimum atomic E-state index is -0.730. The van der Waals surface area contributed by atoms with Crippen molar-refractivity contribution in [3.05, 3.63) is 53.3 Å². The van der Waals surface area contributed by atoms with Gasteiger partial charge in [0.15, 0.2) is 5.82 Å². The third-order valence-corrected chi connectivity index (χ3v) is 6.67. The van der Waals surface area contributed by atoms with Crippen molar-refractivity contribution in [3.63, 3.8) is 0 Å². The van der Waals surface area contributed by atoms with Gasteiger partial charge in [0, 0.05) is 18.3 Å². The Bertz CT molecular complexity index is 1280. The highest BCUT2D eigenvalue weighted by Gasteiger charge is 2.26. The number of hydrogen-bond donors (Lipinski definition) is 3. The second kappa shape index (κ2) is 11.0. The number of phenols is 2. The van der Waals surface area contributed by atoms with Gasteiger partial charge in [0.25, 0.3) is 0 Å². The summed E-state index contributed by atoms with van der Waals surface area (Å²) in [6.45, 7) is 7.85. The summed E-state index contributed by atoms with van der Waals surface area (Å²) in [4.78, 5) is 26.1. The average molecular weight is 509 g/mol. The molecular formula is C27H32N4O6. The van der Waals surface area contributed by atoms with Gasteiger partial charge in [-0.05, 0) is 68.1 Å². The van der Waals surface area contributed by atoms with Crippen LogP contribution in [0.2, 0.25) is 0 Å². The molecule has 10 nitrogen and oxygen atoms in total. The molecule has 0 unspecified atom stereocenters. The number of piperidine rings is 1. The first kappa shape index (κ1) is 26.2. The Morgan fingerprint density at radius 2 is 1.73 bits per heavy atom. The summed E-state index contributed by atoms with van der Waals surface area (Å²) in [5, 5.41) is 38.4. The molecule has 2 aromatic carbocycles. The Labute approximate surface area is 215 Å².